The van der Waals surface area contributed by atoms with Crippen LogP contribution in [0.2, 0.25) is 0 Å². The number of nitrogens with one attached hydrogen (secondary N) is 1. The minimum absolute atomic E-state index is 0.0384. The van der Waals surface area contributed by atoms with E-state index in [9.17, 15) is 19.2 Å². The maximum Gasteiger partial charge on any atom is 0.338 e. The molecule has 3 aromatic carbocycles. The lowest BCUT2D eigenvalue weighted by atomic mass is 10.0. The van der Waals surface area contributed by atoms with Crippen LogP contribution in [0.25, 0.3) is 0 Å². The molecule has 1 amide bonds. The van der Waals surface area contributed by atoms with Crippen LogP contribution in [0.3, 0.4) is 0 Å². The Hall–Kier alpha value is -4.11. The fraction of sp³-hybridized carbons (Fsp3) is 0.214. The van der Waals surface area contributed by atoms with E-state index >= 15 is 0 Å². The highest BCUT2D eigenvalue weighted by molar-refractivity contribution is 7.80. The molecule has 37 heavy (non-hydrogen) atoms. The van der Waals surface area contributed by atoms with Gasteiger partial charge in [0.1, 0.15) is 25.4 Å². The highest BCUT2D eigenvalue weighted by Crippen LogP contribution is 2.15. The Labute approximate surface area is 220 Å². The molecule has 0 aromatic heterocycles. The Bertz CT molecular complexity index is 1050. The second-order valence-electron chi connectivity index (χ2n) is 8.13. The zero-order valence-corrected chi connectivity index (χ0v) is 20.9. The summed E-state index contributed by atoms with van der Waals surface area (Å²) in [6, 6.07) is 24.8. The molecular formula is C28H27NO7S. The van der Waals surface area contributed by atoms with Gasteiger partial charge in [0.25, 0.3) is 0 Å². The molecule has 0 saturated carbocycles. The SMILES string of the molecule is O=C(CCS)NC(COC(=O)c1ccccc1)(COC(=O)c1ccccc1)COC(=O)c1ccccc1. The zero-order valence-electron chi connectivity index (χ0n) is 20.0. The average molecular weight is 522 g/mol. The summed E-state index contributed by atoms with van der Waals surface area (Å²) in [5.41, 5.74) is -0.679. The molecule has 8 nitrogen and oxygen atoms in total. The molecule has 192 valence electrons. The van der Waals surface area contributed by atoms with Crippen molar-refractivity contribution >= 4 is 36.4 Å². The first-order chi connectivity index (χ1) is 17.9. The molecule has 0 unspecified atom stereocenters. The summed E-state index contributed by atoms with van der Waals surface area (Å²) in [5, 5.41) is 2.73. The third kappa shape index (κ3) is 8.50. The maximum atomic E-state index is 12.7. The lowest BCUT2D eigenvalue weighted by Crippen LogP contribution is -2.59. The van der Waals surface area contributed by atoms with Gasteiger partial charge in [-0.2, -0.15) is 12.6 Å². The van der Waals surface area contributed by atoms with E-state index in [1.807, 2.05) is 0 Å². The van der Waals surface area contributed by atoms with Gasteiger partial charge in [-0.25, -0.2) is 14.4 Å². The Morgan fingerprint density at radius 2 is 0.919 bits per heavy atom. The topological polar surface area (TPSA) is 108 Å². The van der Waals surface area contributed by atoms with Crippen LogP contribution in [-0.4, -0.2) is 54.9 Å². The van der Waals surface area contributed by atoms with Gasteiger partial charge in [-0.1, -0.05) is 54.6 Å². The molecular weight excluding hydrogens is 494 g/mol. The first kappa shape index (κ1) is 27.5. The number of benzene rings is 3. The van der Waals surface area contributed by atoms with Crippen LogP contribution < -0.4 is 5.32 Å². The van der Waals surface area contributed by atoms with E-state index in [-0.39, 0.29) is 12.2 Å². The van der Waals surface area contributed by atoms with Crippen molar-refractivity contribution in [1.82, 2.24) is 5.32 Å². The van der Waals surface area contributed by atoms with Gasteiger partial charge in [0.2, 0.25) is 5.91 Å². The second-order valence-corrected chi connectivity index (χ2v) is 8.58. The summed E-state index contributed by atoms with van der Waals surface area (Å²) in [6.45, 7) is -1.28. The second kappa shape index (κ2) is 13.8. The zero-order chi connectivity index (χ0) is 26.5. The third-order valence-electron chi connectivity index (χ3n) is 5.21. The van der Waals surface area contributed by atoms with E-state index in [4.69, 9.17) is 14.2 Å². The Balaban J connectivity index is 1.84. The normalized spacial score (nSPS) is 10.7. The molecule has 3 aromatic rings. The predicted octanol–water partition coefficient (Wildman–Crippen LogP) is 3.73. The number of rotatable bonds is 12. The van der Waals surface area contributed by atoms with E-state index in [0.29, 0.717) is 16.7 Å². The first-order valence-corrected chi connectivity index (χ1v) is 12.1. The van der Waals surface area contributed by atoms with Gasteiger partial charge in [0.05, 0.1) is 16.7 Å². The summed E-state index contributed by atoms with van der Waals surface area (Å²) in [4.78, 5) is 50.6. The predicted molar refractivity (Wildman–Crippen MR) is 140 cm³/mol. The molecule has 1 N–H and O–H groups in total. The number of ether oxygens (including phenoxy) is 3. The van der Waals surface area contributed by atoms with Crippen LogP contribution in [-0.2, 0) is 19.0 Å². The lowest BCUT2D eigenvalue weighted by molar-refractivity contribution is -0.125. The summed E-state index contributed by atoms with van der Waals surface area (Å²) in [7, 11) is 0. The molecule has 0 aliphatic rings. The van der Waals surface area contributed by atoms with Crippen LogP contribution in [0.15, 0.2) is 91.0 Å². The molecule has 0 aliphatic heterocycles. The van der Waals surface area contributed by atoms with Crippen molar-refractivity contribution in [3.05, 3.63) is 108 Å². The molecule has 0 radical (unpaired) electrons. The Morgan fingerprint density at radius 1 is 0.595 bits per heavy atom. The van der Waals surface area contributed by atoms with Crippen molar-refractivity contribution in [2.45, 2.75) is 12.0 Å². The standard InChI is InChI=1S/C28H27NO7S/c30-24(16-17-37)29-28(18-34-25(31)21-10-4-1-5-11-21,19-35-26(32)22-12-6-2-7-13-22)20-36-27(33)23-14-8-3-9-15-23/h1-15,37H,16-20H2,(H,29,30). The smallest absolute Gasteiger partial charge is 0.338 e. The number of hydrogen-bond donors (Lipinski definition) is 2. The highest BCUT2D eigenvalue weighted by Gasteiger charge is 2.38. The van der Waals surface area contributed by atoms with Crippen molar-refractivity contribution in [3.63, 3.8) is 0 Å². The number of carbonyl (C=O) groups is 4. The molecule has 0 atom stereocenters. The van der Waals surface area contributed by atoms with E-state index in [2.05, 4.69) is 17.9 Å². The minimum Gasteiger partial charge on any atom is -0.459 e. The average Bonchev–Trinajstić information content (AvgIpc) is 2.94. The van der Waals surface area contributed by atoms with Gasteiger partial charge in [0, 0.05) is 6.42 Å². The highest BCUT2D eigenvalue weighted by atomic mass is 32.1. The van der Waals surface area contributed by atoms with Crippen LogP contribution in [0.1, 0.15) is 37.5 Å². The largest absolute Gasteiger partial charge is 0.459 e. The van der Waals surface area contributed by atoms with Crippen LogP contribution in [0.5, 0.6) is 0 Å². The molecule has 0 fully saturated rings. The number of amides is 1. The van der Waals surface area contributed by atoms with Gasteiger partial charge in [-0.05, 0) is 42.2 Å². The van der Waals surface area contributed by atoms with E-state index in [1.165, 1.54) is 0 Å². The minimum atomic E-state index is -1.56. The van der Waals surface area contributed by atoms with E-state index in [0.717, 1.165) is 0 Å². The monoisotopic (exact) mass is 521 g/mol. The molecule has 0 bridgehead atoms. The molecule has 9 heteroatoms. The Morgan fingerprint density at radius 3 is 1.22 bits per heavy atom. The molecule has 0 spiro atoms. The summed E-state index contributed by atoms with van der Waals surface area (Å²) < 4.78 is 16.5. The van der Waals surface area contributed by atoms with E-state index < -0.39 is 49.2 Å². The third-order valence-corrected chi connectivity index (χ3v) is 5.43. The number of thiol groups is 1. The van der Waals surface area contributed by atoms with Crippen molar-refractivity contribution in [2.75, 3.05) is 25.6 Å². The van der Waals surface area contributed by atoms with Gasteiger partial charge in [0.15, 0.2) is 0 Å². The van der Waals surface area contributed by atoms with Crippen molar-refractivity contribution in [1.29, 1.82) is 0 Å². The fourth-order valence-electron chi connectivity index (χ4n) is 3.28. The summed E-state index contributed by atoms with van der Waals surface area (Å²) >= 11 is 4.09. The lowest BCUT2D eigenvalue weighted by Gasteiger charge is -2.33. The van der Waals surface area contributed by atoms with Crippen LogP contribution in [0.4, 0.5) is 0 Å². The fourth-order valence-corrected chi connectivity index (χ4v) is 3.48. The molecule has 0 aliphatic carbocycles. The number of carbonyl (C=O) groups excluding carboxylic acids is 4. The molecule has 3 rings (SSSR count). The van der Waals surface area contributed by atoms with Gasteiger partial charge >= 0.3 is 17.9 Å². The quantitative estimate of drug-likeness (QED) is 0.212. The van der Waals surface area contributed by atoms with Crippen molar-refractivity contribution in [3.8, 4) is 0 Å². The van der Waals surface area contributed by atoms with Crippen molar-refractivity contribution in [2.24, 2.45) is 0 Å². The van der Waals surface area contributed by atoms with Gasteiger partial charge in [-0.3, -0.25) is 4.79 Å². The van der Waals surface area contributed by atoms with Crippen LogP contribution in [0, 0.1) is 0 Å². The molecule has 0 saturated heterocycles. The Kier molecular flexibility index (Phi) is 10.3. The van der Waals surface area contributed by atoms with Gasteiger partial charge < -0.3 is 19.5 Å². The molecule has 0 heterocycles. The summed E-state index contributed by atoms with van der Waals surface area (Å²) in [6.07, 6.45) is 0.0384. The maximum absolute atomic E-state index is 12.7. The number of esters is 3. The van der Waals surface area contributed by atoms with Crippen molar-refractivity contribution < 1.29 is 33.4 Å². The number of hydrogen-bond acceptors (Lipinski definition) is 8. The summed E-state index contributed by atoms with van der Waals surface area (Å²) in [5.74, 6) is -2.16. The van der Waals surface area contributed by atoms with E-state index in [1.54, 1.807) is 91.0 Å². The van der Waals surface area contributed by atoms with Gasteiger partial charge in [-0.15, -0.1) is 0 Å². The first-order valence-electron chi connectivity index (χ1n) is 11.5. The van der Waals surface area contributed by atoms with Crippen LogP contribution >= 0.6 is 12.6 Å².